The van der Waals surface area contributed by atoms with Crippen LogP contribution in [-0.4, -0.2) is 24.0 Å². The van der Waals surface area contributed by atoms with E-state index in [9.17, 15) is 14.3 Å². The van der Waals surface area contributed by atoms with Gasteiger partial charge in [0.25, 0.3) is 0 Å². The molecule has 1 unspecified atom stereocenters. The SMILES string of the molecule is C=C(C)C(=O)OCCCCc1ccc(-c2ccc(-c3ccc(OC(O)C(=C)C)cc3)c(F)c2)cc1. The van der Waals surface area contributed by atoms with Crippen LogP contribution in [-0.2, 0) is 16.0 Å². The zero-order valence-electron chi connectivity index (χ0n) is 20.2. The number of carbonyl (C=O) groups is 1. The van der Waals surface area contributed by atoms with Crippen molar-refractivity contribution in [3.05, 3.63) is 102 Å². The zero-order chi connectivity index (χ0) is 25.4. The number of aliphatic hydroxyl groups excluding tert-OH is 1. The Morgan fingerprint density at radius 1 is 0.914 bits per heavy atom. The fourth-order valence-corrected chi connectivity index (χ4v) is 3.45. The molecule has 0 saturated carbocycles. The molecule has 3 aromatic rings. The van der Waals surface area contributed by atoms with Crippen LogP contribution in [0.15, 0.2) is 91.0 Å². The average molecular weight is 475 g/mol. The van der Waals surface area contributed by atoms with Crippen LogP contribution >= 0.6 is 0 Å². The molecule has 1 N–H and O–H groups in total. The molecule has 3 rings (SSSR count). The first-order valence-electron chi connectivity index (χ1n) is 11.6. The molecule has 0 fully saturated rings. The molecule has 4 nitrogen and oxygen atoms in total. The highest BCUT2D eigenvalue weighted by atomic mass is 19.1. The van der Waals surface area contributed by atoms with E-state index in [1.165, 1.54) is 11.6 Å². The molecule has 0 saturated heterocycles. The first kappa shape index (κ1) is 25.9. The van der Waals surface area contributed by atoms with E-state index in [1.54, 1.807) is 44.2 Å². The van der Waals surface area contributed by atoms with Crippen LogP contribution in [0.25, 0.3) is 22.3 Å². The normalized spacial score (nSPS) is 11.5. The number of hydrogen-bond donors (Lipinski definition) is 1. The van der Waals surface area contributed by atoms with Crippen LogP contribution < -0.4 is 4.74 Å². The van der Waals surface area contributed by atoms with Crippen LogP contribution in [0.4, 0.5) is 4.39 Å². The number of unbranched alkanes of at least 4 members (excludes halogenated alkanes) is 1. The van der Waals surface area contributed by atoms with Gasteiger partial charge in [-0.1, -0.05) is 61.7 Å². The first-order chi connectivity index (χ1) is 16.7. The van der Waals surface area contributed by atoms with Crippen molar-refractivity contribution >= 4 is 5.97 Å². The lowest BCUT2D eigenvalue weighted by Crippen LogP contribution is -2.15. The summed E-state index contributed by atoms with van der Waals surface area (Å²) in [6, 6.07) is 20.2. The quantitative estimate of drug-likeness (QED) is 0.108. The van der Waals surface area contributed by atoms with Gasteiger partial charge in [0.1, 0.15) is 11.6 Å². The van der Waals surface area contributed by atoms with E-state index in [0.29, 0.717) is 29.1 Å². The van der Waals surface area contributed by atoms with Gasteiger partial charge in [0.05, 0.1) is 6.61 Å². The van der Waals surface area contributed by atoms with Crippen LogP contribution in [0.3, 0.4) is 0 Å². The summed E-state index contributed by atoms with van der Waals surface area (Å²) in [5, 5.41) is 9.76. The Hall–Kier alpha value is -3.70. The van der Waals surface area contributed by atoms with Gasteiger partial charge in [0, 0.05) is 11.1 Å². The molecule has 0 aliphatic rings. The number of aryl methyl sites for hydroxylation is 1. The molecular weight excluding hydrogens is 443 g/mol. The monoisotopic (exact) mass is 474 g/mol. The van der Waals surface area contributed by atoms with Crippen LogP contribution in [0, 0.1) is 5.82 Å². The molecule has 0 spiro atoms. The second kappa shape index (κ2) is 12.1. The van der Waals surface area contributed by atoms with E-state index in [0.717, 1.165) is 36.0 Å². The maximum atomic E-state index is 14.9. The third kappa shape index (κ3) is 7.39. The van der Waals surface area contributed by atoms with Gasteiger partial charge in [-0.2, -0.15) is 0 Å². The Balaban J connectivity index is 1.58. The minimum absolute atomic E-state index is 0.313. The van der Waals surface area contributed by atoms with Crippen LogP contribution in [0.1, 0.15) is 32.3 Å². The number of hydrogen-bond acceptors (Lipinski definition) is 4. The lowest BCUT2D eigenvalue weighted by atomic mass is 9.98. The maximum absolute atomic E-state index is 14.9. The number of halogens is 1. The Labute approximate surface area is 206 Å². The van der Waals surface area contributed by atoms with Crippen molar-refractivity contribution in [2.24, 2.45) is 0 Å². The highest BCUT2D eigenvalue weighted by Crippen LogP contribution is 2.29. The summed E-state index contributed by atoms with van der Waals surface area (Å²) in [4.78, 5) is 11.4. The lowest BCUT2D eigenvalue weighted by molar-refractivity contribution is -0.139. The van der Waals surface area contributed by atoms with Crippen molar-refractivity contribution < 1.29 is 23.8 Å². The predicted molar refractivity (Wildman–Crippen MR) is 137 cm³/mol. The Kier molecular flexibility index (Phi) is 8.98. The minimum Gasteiger partial charge on any atom is -0.462 e. The largest absolute Gasteiger partial charge is 0.462 e. The number of ether oxygens (including phenoxy) is 2. The maximum Gasteiger partial charge on any atom is 0.333 e. The fraction of sp³-hybridized carbons (Fsp3) is 0.233. The number of benzene rings is 3. The Bertz CT molecular complexity index is 1180. The first-order valence-corrected chi connectivity index (χ1v) is 11.6. The zero-order valence-corrected chi connectivity index (χ0v) is 20.2. The van der Waals surface area contributed by atoms with Gasteiger partial charge in [-0.25, -0.2) is 9.18 Å². The molecule has 0 aliphatic carbocycles. The van der Waals surface area contributed by atoms with Gasteiger partial charge in [-0.05, 0) is 79.1 Å². The van der Waals surface area contributed by atoms with Gasteiger partial charge in [-0.15, -0.1) is 0 Å². The summed E-state index contributed by atoms with van der Waals surface area (Å²) in [6.07, 6.45) is 1.49. The van der Waals surface area contributed by atoms with Crippen molar-refractivity contribution in [3.63, 3.8) is 0 Å². The van der Waals surface area contributed by atoms with Crippen molar-refractivity contribution in [1.29, 1.82) is 0 Å². The van der Waals surface area contributed by atoms with E-state index in [2.05, 4.69) is 13.2 Å². The molecule has 0 bridgehead atoms. The van der Waals surface area contributed by atoms with Crippen molar-refractivity contribution in [3.8, 4) is 28.0 Å². The Morgan fingerprint density at radius 3 is 2.14 bits per heavy atom. The van der Waals surface area contributed by atoms with Crippen molar-refractivity contribution in [1.82, 2.24) is 0 Å². The molecular formula is C30H31FO4. The van der Waals surface area contributed by atoms with Gasteiger partial charge >= 0.3 is 5.97 Å². The molecule has 0 aromatic heterocycles. The lowest BCUT2D eigenvalue weighted by Gasteiger charge is -2.13. The van der Waals surface area contributed by atoms with Crippen LogP contribution in [0.2, 0.25) is 0 Å². The van der Waals surface area contributed by atoms with E-state index < -0.39 is 6.29 Å². The van der Waals surface area contributed by atoms with Gasteiger partial charge in [0.15, 0.2) is 0 Å². The number of esters is 1. The predicted octanol–water partition coefficient (Wildman–Crippen LogP) is 6.88. The number of carbonyl (C=O) groups excluding carboxylic acids is 1. The van der Waals surface area contributed by atoms with E-state index in [-0.39, 0.29) is 11.8 Å². The van der Waals surface area contributed by atoms with Gasteiger partial charge in [0.2, 0.25) is 6.29 Å². The van der Waals surface area contributed by atoms with E-state index in [1.807, 2.05) is 30.3 Å². The summed E-state index contributed by atoms with van der Waals surface area (Å²) >= 11 is 0. The topological polar surface area (TPSA) is 55.8 Å². The molecule has 3 aromatic carbocycles. The summed E-state index contributed by atoms with van der Waals surface area (Å²) in [5.74, 6) is -0.183. The molecule has 0 amide bonds. The fourth-order valence-electron chi connectivity index (χ4n) is 3.45. The summed E-state index contributed by atoms with van der Waals surface area (Å²) in [6.45, 7) is 10.9. The molecule has 35 heavy (non-hydrogen) atoms. The third-order valence-corrected chi connectivity index (χ3v) is 5.53. The van der Waals surface area contributed by atoms with E-state index >= 15 is 0 Å². The second-order valence-electron chi connectivity index (χ2n) is 8.61. The third-order valence-electron chi connectivity index (χ3n) is 5.53. The van der Waals surface area contributed by atoms with Crippen LogP contribution in [0.5, 0.6) is 5.75 Å². The van der Waals surface area contributed by atoms with Gasteiger partial charge < -0.3 is 14.6 Å². The van der Waals surface area contributed by atoms with Crippen molar-refractivity contribution in [2.75, 3.05) is 6.61 Å². The molecule has 0 heterocycles. The average Bonchev–Trinajstić information content (AvgIpc) is 2.84. The smallest absolute Gasteiger partial charge is 0.333 e. The molecule has 5 heteroatoms. The highest BCUT2D eigenvalue weighted by molar-refractivity contribution is 5.86. The molecule has 1 atom stereocenters. The summed E-state index contributed by atoms with van der Waals surface area (Å²) < 4.78 is 25.4. The Morgan fingerprint density at radius 2 is 1.54 bits per heavy atom. The van der Waals surface area contributed by atoms with E-state index in [4.69, 9.17) is 9.47 Å². The minimum atomic E-state index is -1.07. The summed E-state index contributed by atoms with van der Waals surface area (Å²) in [5.41, 5.74) is 5.04. The van der Waals surface area contributed by atoms with Crippen molar-refractivity contribution in [2.45, 2.75) is 39.4 Å². The summed E-state index contributed by atoms with van der Waals surface area (Å²) in [7, 11) is 0. The standard InChI is InChI=1S/C30H31FO4/c1-20(2)29(32)34-18-6-5-7-22-8-10-23(11-9-22)25-14-17-27(28(31)19-25)24-12-15-26(16-13-24)35-30(33)21(3)4/h8-17,19,30,33H,1,3,5-7,18H2,2,4H3. The highest BCUT2D eigenvalue weighted by Gasteiger charge is 2.10. The van der Waals surface area contributed by atoms with Gasteiger partial charge in [-0.3, -0.25) is 0 Å². The number of aliphatic hydroxyl groups is 1. The number of rotatable bonds is 11. The second-order valence-corrected chi connectivity index (χ2v) is 8.61. The molecule has 0 radical (unpaired) electrons. The molecule has 182 valence electrons. The molecule has 0 aliphatic heterocycles.